The molecule has 2 aliphatic rings. The molecule has 2 nitrogen and oxygen atoms in total. The van der Waals surface area contributed by atoms with Crippen molar-refractivity contribution in [2.45, 2.75) is 24.9 Å². The Morgan fingerprint density at radius 3 is 2.75 bits per heavy atom. The van der Waals surface area contributed by atoms with Gasteiger partial charge in [0.1, 0.15) is 0 Å². The second-order valence-corrected chi connectivity index (χ2v) is 2.94. The smallest absolute Gasteiger partial charge is 0.0196 e. The van der Waals surface area contributed by atoms with E-state index in [2.05, 4.69) is 5.32 Å². The zero-order valence-corrected chi connectivity index (χ0v) is 4.93. The van der Waals surface area contributed by atoms with E-state index >= 15 is 0 Å². The van der Waals surface area contributed by atoms with Gasteiger partial charge in [-0.3, -0.25) is 0 Å². The van der Waals surface area contributed by atoms with Crippen molar-refractivity contribution in [1.82, 2.24) is 5.32 Å². The van der Waals surface area contributed by atoms with E-state index in [4.69, 9.17) is 5.73 Å². The van der Waals surface area contributed by atoms with E-state index in [1.54, 1.807) is 0 Å². The fourth-order valence-corrected chi connectivity index (χ4v) is 1.61. The molecule has 46 valence electrons. The largest absolute Gasteiger partial charge is 0.329 e. The highest BCUT2D eigenvalue weighted by molar-refractivity contribution is 5.03. The highest BCUT2D eigenvalue weighted by Crippen LogP contribution is 2.40. The second-order valence-electron chi connectivity index (χ2n) is 2.94. The molecule has 3 atom stereocenters. The molecule has 1 aliphatic carbocycles. The van der Waals surface area contributed by atoms with Crippen LogP contribution in [0.2, 0.25) is 0 Å². The zero-order valence-electron chi connectivity index (χ0n) is 4.93. The Bertz CT molecular complexity index is 92.7. The first-order valence-corrected chi connectivity index (χ1v) is 3.36. The van der Waals surface area contributed by atoms with Crippen molar-refractivity contribution in [2.75, 3.05) is 6.54 Å². The van der Waals surface area contributed by atoms with Gasteiger partial charge in [-0.05, 0) is 18.8 Å². The van der Waals surface area contributed by atoms with Crippen LogP contribution in [0.15, 0.2) is 0 Å². The average molecular weight is 112 g/mol. The Morgan fingerprint density at radius 2 is 2.38 bits per heavy atom. The minimum Gasteiger partial charge on any atom is -0.329 e. The van der Waals surface area contributed by atoms with Crippen LogP contribution in [0.3, 0.4) is 0 Å². The molecule has 2 heteroatoms. The summed E-state index contributed by atoms with van der Waals surface area (Å²) in [6.45, 7) is 0.826. The molecule has 0 aromatic heterocycles. The van der Waals surface area contributed by atoms with Gasteiger partial charge in [0.25, 0.3) is 0 Å². The molecule has 2 rings (SSSR count). The summed E-state index contributed by atoms with van der Waals surface area (Å²) in [7, 11) is 0. The van der Waals surface area contributed by atoms with Crippen molar-refractivity contribution in [3.63, 3.8) is 0 Å². The molecule has 0 radical (unpaired) electrons. The third kappa shape index (κ3) is 0.565. The first-order chi connectivity index (χ1) is 3.90. The van der Waals surface area contributed by atoms with Crippen LogP contribution in [0.1, 0.15) is 12.8 Å². The Balaban J connectivity index is 1.89. The van der Waals surface area contributed by atoms with E-state index in [0.717, 1.165) is 18.5 Å². The molecule has 0 aromatic rings. The normalized spacial score (nSPS) is 51.4. The van der Waals surface area contributed by atoms with Crippen molar-refractivity contribution >= 4 is 0 Å². The highest BCUT2D eigenvalue weighted by atomic mass is 15.1. The molecule has 0 bridgehead atoms. The molecule has 0 amide bonds. The lowest BCUT2D eigenvalue weighted by Gasteiger charge is -2.07. The Morgan fingerprint density at radius 1 is 1.50 bits per heavy atom. The van der Waals surface area contributed by atoms with Gasteiger partial charge in [-0.2, -0.15) is 0 Å². The molecular formula is C6H12N2. The summed E-state index contributed by atoms with van der Waals surface area (Å²) >= 11 is 0. The third-order valence-electron chi connectivity index (χ3n) is 2.24. The Labute approximate surface area is 49.4 Å². The zero-order chi connectivity index (χ0) is 5.56. The van der Waals surface area contributed by atoms with Crippen LogP contribution < -0.4 is 11.1 Å². The first-order valence-electron chi connectivity index (χ1n) is 3.36. The molecule has 1 saturated carbocycles. The summed E-state index contributed by atoms with van der Waals surface area (Å²) in [5, 5.41) is 3.45. The van der Waals surface area contributed by atoms with Crippen LogP contribution in [0, 0.1) is 5.92 Å². The minimum absolute atomic E-state index is 0.652. The van der Waals surface area contributed by atoms with Gasteiger partial charge < -0.3 is 11.1 Å². The number of piperidine rings is 1. The van der Waals surface area contributed by atoms with Crippen LogP contribution in [0.25, 0.3) is 0 Å². The number of fused-ring (bicyclic) bond motifs is 1. The van der Waals surface area contributed by atoms with E-state index in [1.807, 2.05) is 0 Å². The molecular weight excluding hydrogens is 100 g/mol. The number of nitrogens with two attached hydrogens (primary N) is 1. The SMILES string of the molecule is NCC1CC2C[C@@H]2N1. The summed E-state index contributed by atoms with van der Waals surface area (Å²) in [5.74, 6) is 1.00. The van der Waals surface area contributed by atoms with Gasteiger partial charge in [0.05, 0.1) is 0 Å². The fourth-order valence-electron chi connectivity index (χ4n) is 1.61. The fraction of sp³-hybridized carbons (Fsp3) is 1.00. The molecule has 0 aromatic carbocycles. The lowest BCUT2D eigenvalue weighted by molar-refractivity contribution is 0.549. The van der Waals surface area contributed by atoms with Gasteiger partial charge in [0, 0.05) is 18.6 Å². The molecule has 2 fully saturated rings. The highest BCUT2D eigenvalue weighted by Gasteiger charge is 2.44. The standard InChI is InChI=1S/C6H12N2/c7-3-5-1-4-2-6(4)8-5/h4-6,8H,1-3,7H2/t4?,5?,6-/m0/s1. The van der Waals surface area contributed by atoms with Gasteiger partial charge in [-0.15, -0.1) is 0 Å². The Hall–Kier alpha value is -0.0800. The monoisotopic (exact) mass is 112 g/mol. The van der Waals surface area contributed by atoms with Crippen LogP contribution in [0.4, 0.5) is 0 Å². The predicted octanol–water partition coefficient (Wildman–Crippen LogP) is -0.305. The molecule has 2 unspecified atom stereocenters. The third-order valence-corrected chi connectivity index (χ3v) is 2.24. The van der Waals surface area contributed by atoms with Crippen molar-refractivity contribution < 1.29 is 0 Å². The topological polar surface area (TPSA) is 38.0 Å². The van der Waals surface area contributed by atoms with E-state index in [1.165, 1.54) is 12.8 Å². The quantitative estimate of drug-likeness (QED) is 0.488. The van der Waals surface area contributed by atoms with Crippen molar-refractivity contribution in [3.8, 4) is 0 Å². The van der Waals surface area contributed by atoms with Crippen molar-refractivity contribution in [2.24, 2.45) is 11.7 Å². The van der Waals surface area contributed by atoms with Gasteiger partial charge >= 0.3 is 0 Å². The maximum Gasteiger partial charge on any atom is 0.0196 e. The van der Waals surface area contributed by atoms with Gasteiger partial charge in [0.2, 0.25) is 0 Å². The number of hydrogen-bond acceptors (Lipinski definition) is 2. The second kappa shape index (κ2) is 1.45. The minimum atomic E-state index is 0.652. The summed E-state index contributed by atoms with van der Waals surface area (Å²) in [6, 6.07) is 1.52. The molecule has 1 aliphatic heterocycles. The average Bonchev–Trinajstić information content (AvgIpc) is 2.40. The van der Waals surface area contributed by atoms with Crippen LogP contribution in [-0.2, 0) is 0 Å². The van der Waals surface area contributed by atoms with Crippen molar-refractivity contribution in [1.29, 1.82) is 0 Å². The maximum absolute atomic E-state index is 5.45. The molecule has 8 heavy (non-hydrogen) atoms. The van der Waals surface area contributed by atoms with Gasteiger partial charge in [0.15, 0.2) is 0 Å². The summed E-state index contributed by atoms with van der Waals surface area (Å²) < 4.78 is 0. The van der Waals surface area contributed by atoms with Crippen molar-refractivity contribution in [3.05, 3.63) is 0 Å². The van der Waals surface area contributed by atoms with Crippen LogP contribution in [0.5, 0.6) is 0 Å². The lowest BCUT2D eigenvalue weighted by atomic mass is 10.2. The van der Waals surface area contributed by atoms with E-state index in [0.29, 0.717) is 6.04 Å². The molecule has 0 spiro atoms. The van der Waals surface area contributed by atoms with Gasteiger partial charge in [-0.25, -0.2) is 0 Å². The summed E-state index contributed by atoms with van der Waals surface area (Å²) in [6.07, 6.45) is 2.75. The van der Waals surface area contributed by atoms with Crippen LogP contribution >= 0.6 is 0 Å². The van der Waals surface area contributed by atoms with Gasteiger partial charge in [-0.1, -0.05) is 0 Å². The summed E-state index contributed by atoms with van der Waals surface area (Å²) in [4.78, 5) is 0. The Kier molecular flexibility index (Phi) is 0.866. The lowest BCUT2D eigenvalue weighted by Crippen LogP contribution is -2.32. The number of nitrogens with one attached hydrogen (secondary N) is 1. The molecule has 1 saturated heterocycles. The number of rotatable bonds is 1. The van der Waals surface area contributed by atoms with E-state index in [9.17, 15) is 0 Å². The molecule has 3 N–H and O–H groups in total. The van der Waals surface area contributed by atoms with Crippen LogP contribution in [-0.4, -0.2) is 18.6 Å². The number of hydrogen-bond donors (Lipinski definition) is 2. The maximum atomic E-state index is 5.45. The summed E-state index contributed by atoms with van der Waals surface area (Å²) in [5.41, 5.74) is 5.45. The first kappa shape index (κ1) is 4.77. The van der Waals surface area contributed by atoms with E-state index < -0.39 is 0 Å². The molecule has 1 heterocycles. The predicted molar refractivity (Wildman–Crippen MR) is 32.5 cm³/mol. The van der Waals surface area contributed by atoms with E-state index in [-0.39, 0.29) is 0 Å².